The Hall–Kier alpha value is -3.81. The van der Waals surface area contributed by atoms with Crippen molar-refractivity contribution < 1.29 is 0 Å². The summed E-state index contributed by atoms with van der Waals surface area (Å²) in [5, 5.41) is 11.5. The molecule has 5 rings (SSSR count). The highest BCUT2D eigenvalue weighted by Crippen LogP contribution is 2.38. The van der Waals surface area contributed by atoms with Crippen LogP contribution < -0.4 is 10.9 Å². The van der Waals surface area contributed by atoms with Crippen molar-refractivity contribution in [3.8, 4) is 33.1 Å². The monoisotopic (exact) mass is 485 g/mol. The standard InChI is InChI=1S/C26H20ClN5OS/c1-2-32-26(33)24(29-20-9-6-14-28-15-20)22(23(31-32)17-7-4-3-5-8-17)21-16-34-25(30-21)18-10-12-19(27)13-11-18/h3-16,29H,2H2,1H3. The van der Waals surface area contributed by atoms with Crippen LogP contribution in [-0.2, 0) is 6.54 Å². The highest BCUT2D eigenvalue weighted by atomic mass is 35.5. The van der Waals surface area contributed by atoms with Crippen LogP contribution >= 0.6 is 22.9 Å². The summed E-state index contributed by atoms with van der Waals surface area (Å²) in [4.78, 5) is 22.5. The SMILES string of the molecule is CCn1nc(-c2ccccc2)c(-c2csc(-c3ccc(Cl)cc3)n2)c(Nc2cccnc2)c1=O. The Bertz CT molecular complexity index is 1480. The van der Waals surface area contributed by atoms with Gasteiger partial charge >= 0.3 is 0 Å². The number of anilines is 2. The zero-order valence-electron chi connectivity index (χ0n) is 18.3. The summed E-state index contributed by atoms with van der Waals surface area (Å²) in [6.45, 7) is 2.34. The first kappa shape index (κ1) is 22.0. The molecule has 2 aromatic carbocycles. The first-order valence-electron chi connectivity index (χ1n) is 10.7. The van der Waals surface area contributed by atoms with Crippen LogP contribution in [0.5, 0.6) is 0 Å². The maximum absolute atomic E-state index is 13.5. The second-order valence-corrected chi connectivity index (χ2v) is 8.79. The Labute approximate surface area is 205 Å². The molecule has 0 saturated heterocycles. The van der Waals surface area contributed by atoms with Gasteiger partial charge in [0.05, 0.1) is 23.1 Å². The molecular formula is C26H20ClN5OS. The van der Waals surface area contributed by atoms with Crippen LogP contribution in [0.25, 0.3) is 33.1 Å². The number of aryl methyl sites for hydroxylation is 1. The second-order valence-electron chi connectivity index (χ2n) is 7.50. The predicted octanol–water partition coefficient (Wildman–Crippen LogP) is 6.51. The molecule has 0 aliphatic carbocycles. The second kappa shape index (κ2) is 9.59. The molecule has 0 amide bonds. The van der Waals surface area contributed by atoms with Crippen LogP contribution in [0.2, 0.25) is 5.02 Å². The van der Waals surface area contributed by atoms with Crippen molar-refractivity contribution in [1.82, 2.24) is 19.7 Å². The molecule has 8 heteroatoms. The number of benzene rings is 2. The van der Waals surface area contributed by atoms with E-state index in [1.807, 2.05) is 79.0 Å². The van der Waals surface area contributed by atoms with Crippen molar-refractivity contribution in [3.63, 3.8) is 0 Å². The van der Waals surface area contributed by atoms with Crippen molar-refractivity contribution in [3.05, 3.63) is 99.9 Å². The van der Waals surface area contributed by atoms with Crippen molar-refractivity contribution in [2.75, 3.05) is 5.32 Å². The van der Waals surface area contributed by atoms with Gasteiger partial charge in [0.15, 0.2) is 0 Å². The van der Waals surface area contributed by atoms with Crippen LogP contribution in [0.3, 0.4) is 0 Å². The van der Waals surface area contributed by atoms with E-state index in [4.69, 9.17) is 21.7 Å². The lowest BCUT2D eigenvalue weighted by Crippen LogP contribution is -2.26. The molecule has 0 spiro atoms. The molecule has 0 unspecified atom stereocenters. The third kappa shape index (κ3) is 4.35. The molecule has 168 valence electrons. The fourth-order valence-electron chi connectivity index (χ4n) is 3.64. The van der Waals surface area contributed by atoms with Gasteiger partial charge in [-0.3, -0.25) is 9.78 Å². The van der Waals surface area contributed by atoms with Crippen LogP contribution in [0.4, 0.5) is 11.4 Å². The van der Waals surface area contributed by atoms with E-state index in [1.54, 1.807) is 12.4 Å². The molecule has 34 heavy (non-hydrogen) atoms. The summed E-state index contributed by atoms with van der Waals surface area (Å²) < 4.78 is 1.47. The van der Waals surface area contributed by atoms with Gasteiger partial charge in [0.1, 0.15) is 16.4 Å². The first-order valence-corrected chi connectivity index (χ1v) is 12.0. The maximum Gasteiger partial charge on any atom is 0.291 e. The van der Waals surface area contributed by atoms with E-state index in [2.05, 4.69) is 10.3 Å². The van der Waals surface area contributed by atoms with Gasteiger partial charge in [-0.1, -0.05) is 54.1 Å². The van der Waals surface area contributed by atoms with E-state index in [-0.39, 0.29) is 5.56 Å². The van der Waals surface area contributed by atoms with Gasteiger partial charge in [-0.05, 0) is 31.2 Å². The number of pyridine rings is 1. The molecule has 0 bridgehead atoms. The number of nitrogens with zero attached hydrogens (tertiary/aromatic N) is 4. The summed E-state index contributed by atoms with van der Waals surface area (Å²) in [7, 11) is 0. The molecule has 0 saturated carbocycles. The zero-order chi connectivity index (χ0) is 23.5. The van der Waals surface area contributed by atoms with Gasteiger partial charge in [-0.2, -0.15) is 5.10 Å². The summed E-state index contributed by atoms with van der Waals surface area (Å²) in [6.07, 6.45) is 3.37. The van der Waals surface area contributed by atoms with E-state index in [0.717, 1.165) is 16.1 Å². The smallest absolute Gasteiger partial charge is 0.291 e. The maximum atomic E-state index is 13.5. The molecule has 6 nitrogen and oxygen atoms in total. The Morgan fingerprint density at radius 2 is 1.79 bits per heavy atom. The molecule has 1 N–H and O–H groups in total. The minimum Gasteiger partial charge on any atom is -0.349 e. The zero-order valence-corrected chi connectivity index (χ0v) is 19.8. The van der Waals surface area contributed by atoms with Crippen LogP contribution in [0, 0.1) is 0 Å². The van der Waals surface area contributed by atoms with Gasteiger partial charge in [0.2, 0.25) is 0 Å². The fourth-order valence-corrected chi connectivity index (χ4v) is 4.59. The number of thiazole rings is 1. The third-order valence-corrected chi connectivity index (χ3v) is 6.43. The topological polar surface area (TPSA) is 72.7 Å². The number of nitrogens with one attached hydrogen (secondary N) is 1. The average Bonchev–Trinajstić information content (AvgIpc) is 3.36. The largest absolute Gasteiger partial charge is 0.349 e. The summed E-state index contributed by atoms with van der Waals surface area (Å²) >= 11 is 7.56. The predicted molar refractivity (Wildman–Crippen MR) is 139 cm³/mol. The minimum atomic E-state index is -0.220. The third-order valence-electron chi connectivity index (χ3n) is 5.28. The number of rotatable bonds is 6. The number of aromatic nitrogens is 4. The fraction of sp³-hybridized carbons (Fsp3) is 0.0769. The van der Waals surface area contributed by atoms with Gasteiger partial charge in [0, 0.05) is 34.3 Å². The quantitative estimate of drug-likeness (QED) is 0.296. The Kier molecular flexibility index (Phi) is 6.20. The lowest BCUT2D eigenvalue weighted by atomic mass is 10.0. The van der Waals surface area contributed by atoms with Gasteiger partial charge in [-0.25, -0.2) is 9.67 Å². The Morgan fingerprint density at radius 3 is 2.50 bits per heavy atom. The van der Waals surface area contributed by atoms with Crippen LogP contribution in [0.15, 0.2) is 89.3 Å². The van der Waals surface area contributed by atoms with Crippen LogP contribution in [-0.4, -0.2) is 19.7 Å². The van der Waals surface area contributed by atoms with E-state index in [0.29, 0.717) is 39.9 Å². The van der Waals surface area contributed by atoms with E-state index in [1.165, 1.54) is 16.0 Å². The van der Waals surface area contributed by atoms with Crippen LogP contribution in [0.1, 0.15) is 6.92 Å². The summed E-state index contributed by atoms with van der Waals surface area (Å²) in [6, 6.07) is 21.1. The Morgan fingerprint density at radius 1 is 1.00 bits per heavy atom. The van der Waals surface area contributed by atoms with Crippen molar-refractivity contribution >= 4 is 34.3 Å². The highest BCUT2D eigenvalue weighted by molar-refractivity contribution is 7.13. The minimum absolute atomic E-state index is 0.220. The molecule has 5 aromatic rings. The number of halogens is 1. The number of hydrogen-bond donors (Lipinski definition) is 1. The molecule has 0 fully saturated rings. The molecule has 0 atom stereocenters. The highest BCUT2D eigenvalue weighted by Gasteiger charge is 2.22. The van der Waals surface area contributed by atoms with Crippen molar-refractivity contribution in [2.24, 2.45) is 0 Å². The van der Waals surface area contributed by atoms with E-state index >= 15 is 0 Å². The molecule has 0 aliphatic heterocycles. The lowest BCUT2D eigenvalue weighted by Gasteiger charge is -2.16. The molecule has 0 aliphatic rings. The van der Waals surface area contributed by atoms with E-state index in [9.17, 15) is 4.79 Å². The average molecular weight is 486 g/mol. The number of hydrogen-bond acceptors (Lipinski definition) is 6. The van der Waals surface area contributed by atoms with Gasteiger partial charge in [-0.15, -0.1) is 11.3 Å². The van der Waals surface area contributed by atoms with Gasteiger partial charge in [0.25, 0.3) is 5.56 Å². The summed E-state index contributed by atoms with van der Waals surface area (Å²) in [5.74, 6) is 0. The first-order chi connectivity index (χ1) is 16.6. The molecule has 3 aromatic heterocycles. The lowest BCUT2D eigenvalue weighted by molar-refractivity contribution is 0.621. The normalized spacial score (nSPS) is 10.9. The Balaban J connectivity index is 1.75. The molecular weight excluding hydrogens is 466 g/mol. The molecule has 0 radical (unpaired) electrons. The van der Waals surface area contributed by atoms with Gasteiger partial charge < -0.3 is 5.32 Å². The van der Waals surface area contributed by atoms with Crippen molar-refractivity contribution in [2.45, 2.75) is 13.5 Å². The molecule has 3 heterocycles. The van der Waals surface area contributed by atoms with Crippen molar-refractivity contribution in [1.29, 1.82) is 0 Å². The summed E-state index contributed by atoms with van der Waals surface area (Å²) in [5.41, 5.74) is 4.77. The van der Waals surface area contributed by atoms with E-state index < -0.39 is 0 Å².